The molecule has 21 heavy (non-hydrogen) atoms. The average molecular weight is 316 g/mol. The van der Waals surface area contributed by atoms with E-state index in [2.05, 4.69) is 0 Å². The maximum Gasteiger partial charge on any atom is 2.00 e. The van der Waals surface area contributed by atoms with Crippen molar-refractivity contribution in [2.75, 3.05) is 0 Å². The summed E-state index contributed by atoms with van der Waals surface area (Å²) < 4.78 is 0. The van der Waals surface area contributed by atoms with Gasteiger partial charge in [-0.15, -0.1) is 12.1 Å². The van der Waals surface area contributed by atoms with Crippen LogP contribution in [0, 0.1) is 0 Å². The predicted molar refractivity (Wildman–Crippen MR) is 83.9 cm³/mol. The Hall–Kier alpha value is -2.15. The van der Waals surface area contributed by atoms with Gasteiger partial charge >= 0.3 is 17.1 Å². The molecule has 0 N–H and O–H groups in total. The van der Waals surface area contributed by atoms with Crippen LogP contribution in [0.15, 0.2) is 91.0 Å². The van der Waals surface area contributed by atoms with Crippen molar-refractivity contribution in [3.05, 3.63) is 102 Å². The molecule has 3 aromatic carbocycles. The molecule has 0 heterocycles. The first kappa shape index (κ1) is 16.9. The summed E-state index contributed by atoms with van der Waals surface area (Å²) in [6.45, 7) is 0. The van der Waals surface area contributed by atoms with Gasteiger partial charge < -0.3 is 4.79 Å². The van der Waals surface area contributed by atoms with Crippen LogP contribution < -0.4 is 0 Å². The van der Waals surface area contributed by atoms with E-state index in [9.17, 15) is 4.79 Å². The summed E-state index contributed by atoms with van der Waals surface area (Å²) in [6, 6.07) is 27.2. The summed E-state index contributed by atoms with van der Waals surface area (Å²) in [7, 11) is 0. The predicted octanol–water partition coefficient (Wildman–Crippen LogP) is 4.70. The Labute approximate surface area is 136 Å². The van der Waals surface area contributed by atoms with Crippen molar-refractivity contribution in [1.29, 1.82) is 0 Å². The van der Waals surface area contributed by atoms with E-state index < -0.39 is 0 Å². The molecule has 3 rings (SSSR count). The minimum atomic E-state index is 0. The second-order valence-corrected chi connectivity index (χ2v) is 4.24. The van der Waals surface area contributed by atoms with Crippen molar-refractivity contribution in [3.8, 4) is 0 Å². The van der Waals surface area contributed by atoms with Gasteiger partial charge in [-0.1, -0.05) is 48.0 Å². The Morgan fingerprint density at radius 1 is 0.905 bits per heavy atom. The van der Waals surface area contributed by atoms with E-state index in [4.69, 9.17) is 0 Å². The van der Waals surface area contributed by atoms with E-state index in [1.807, 2.05) is 91.0 Å². The molecule has 0 aromatic heterocycles. The van der Waals surface area contributed by atoms with Gasteiger partial charge in [-0.3, -0.25) is 0 Å². The van der Waals surface area contributed by atoms with Crippen LogP contribution >= 0.6 is 0 Å². The van der Waals surface area contributed by atoms with Gasteiger partial charge in [-0.2, -0.15) is 30.3 Å². The van der Waals surface area contributed by atoms with Gasteiger partial charge in [0.2, 0.25) is 0 Å². The van der Waals surface area contributed by atoms with Crippen molar-refractivity contribution in [2.45, 2.75) is 0 Å². The van der Waals surface area contributed by atoms with Crippen molar-refractivity contribution in [1.82, 2.24) is 0 Å². The van der Waals surface area contributed by atoms with Gasteiger partial charge in [0.05, 0.1) is 0 Å². The van der Waals surface area contributed by atoms with Crippen LogP contribution in [0.1, 0.15) is 15.9 Å². The molecular formula is C19H16FeO. The summed E-state index contributed by atoms with van der Waals surface area (Å²) in [4.78, 5) is 11.6. The fraction of sp³-hybridized carbons (Fsp3) is 0. The normalized spacial score (nSPS) is 9.52. The van der Waals surface area contributed by atoms with Gasteiger partial charge in [0, 0.05) is 0 Å². The maximum absolute atomic E-state index is 11.6. The number of allylic oxidation sites excluding steroid dienone is 1. The van der Waals surface area contributed by atoms with Gasteiger partial charge in [-0.25, -0.2) is 12.1 Å². The zero-order valence-electron chi connectivity index (χ0n) is 11.5. The van der Waals surface area contributed by atoms with Crippen molar-refractivity contribution < 1.29 is 21.9 Å². The molecule has 0 bridgehead atoms. The summed E-state index contributed by atoms with van der Waals surface area (Å²) in [5.74, 6) is 0.0452. The summed E-state index contributed by atoms with van der Waals surface area (Å²) in [6.07, 6.45) is 3.43. The third kappa shape index (κ3) is 6.22. The number of carbonyl (C=O) groups excluding carboxylic acids is 1. The second kappa shape index (κ2) is 9.71. The first-order valence-corrected chi connectivity index (χ1v) is 6.52. The molecule has 0 spiro atoms. The van der Waals surface area contributed by atoms with Crippen LogP contribution in [-0.4, -0.2) is 5.78 Å². The molecule has 0 saturated heterocycles. The van der Waals surface area contributed by atoms with Crippen molar-refractivity contribution >= 4 is 11.9 Å². The molecule has 0 radical (unpaired) electrons. The molecule has 0 saturated carbocycles. The molecule has 1 nitrogen and oxygen atoms in total. The fourth-order valence-corrected chi connectivity index (χ4v) is 1.69. The molecule has 2 heteroatoms. The monoisotopic (exact) mass is 316 g/mol. The third-order valence-electron chi connectivity index (χ3n) is 2.73. The summed E-state index contributed by atoms with van der Waals surface area (Å²) in [5.41, 5.74) is 1.78. The Bertz CT molecular complexity index is 602. The first-order chi connectivity index (χ1) is 9.86. The third-order valence-corrected chi connectivity index (χ3v) is 2.73. The fourth-order valence-electron chi connectivity index (χ4n) is 1.69. The minimum Gasteiger partial charge on any atom is -0.311 e. The summed E-state index contributed by atoms with van der Waals surface area (Å²) >= 11 is 0. The smallest absolute Gasteiger partial charge is 0.311 e. The van der Waals surface area contributed by atoms with E-state index in [-0.39, 0.29) is 22.9 Å². The van der Waals surface area contributed by atoms with Gasteiger partial charge in [0.1, 0.15) is 5.78 Å². The molecule has 0 atom stereocenters. The van der Waals surface area contributed by atoms with Crippen molar-refractivity contribution in [3.63, 3.8) is 0 Å². The van der Waals surface area contributed by atoms with Crippen LogP contribution in [0.25, 0.3) is 6.08 Å². The number of carbonyl (C=O) groups is 1. The molecular weight excluding hydrogens is 300 g/mol. The maximum atomic E-state index is 11.6. The zero-order chi connectivity index (χ0) is 14.0. The van der Waals surface area contributed by atoms with Crippen LogP contribution in [0.4, 0.5) is 0 Å². The number of hydrogen-bond acceptors (Lipinski definition) is 1. The quantitative estimate of drug-likeness (QED) is 0.296. The zero-order valence-corrected chi connectivity index (χ0v) is 12.6. The van der Waals surface area contributed by atoms with E-state index >= 15 is 0 Å². The number of benzene rings is 1. The van der Waals surface area contributed by atoms with E-state index in [0.29, 0.717) is 0 Å². The van der Waals surface area contributed by atoms with E-state index in [1.165, 1.54) is 0 Å². The molecule has 0 fully saturated rings. The standard InChI is InChI=1S/C14H11O.C5H5.Fe/c15-14(13-8-4-5-9-13)11-10-12-6-2-1-3-7-12;1-2-4-5-3-1;/h1-11H;1-5H;/q2*-1;+2/b11-10+;;. The Morgan fingerprint density at radius 2 is 1.52 bits per heavy atom. The molecule has 0 aliphatic carbocycles. The number of hydrogen-bond donors (Lipinski definition) is 0. The Kier molecular flexibility index (Phi) is 7.81. The van der Waals surface area contributed by atoms with Crippen LogP contribution in [0.5, 0.6) is 0 Å². The first-order valence-electron chi connectivity index (χ1n) is 6.52. The molecule has 0 aliphatic heterocycles. The average Bonchev–Trinajstić information content (AvgIpc) is 3.20. The van der Waals surface area contributed by atoms with E-state index in [1.54, 1.807) is 6.08 Å². The molecule has 0 unspecified atom stereocenters. The summed E-state index contributed by atoms with van der Waals surface area (Å²) in [5, 5.41) is 0. The Balaban J connectivity index is 0.000000313. The van der Waals surface area contributed by atoms with Crippen molar-refractivity contribution in [2.24, 2.45) is 0 Å². The second-order valence-electron chi connectivity index (χ2n) is 4.24. The van der Waals surface area contributed by atoms with Crippen LogP contribution in [-0.2, 0) is 17.1 Å². The molecule has 106 valence electrons. The van der Waals surface area contributed by atoms with E-state index in [0.717, 1.165) is 11.1 Å². The minimum absolute atomic E-state index is 0. The van der Waals surface area contributed by atoms with Crippen LogP contribution in [0.3, 0.4) is 0 Å². The molecule has 3 aromatic rings. The topological polar surface area (TPSA) is 17.1 Å². The number of ketones is 1. The number of rotatable bonds is 3. The SMILES string of the molecule is O=C(/C=C/c1ccccc1)[c-]1cccc1.[Fe+2].c1cc[cH-]c1. The van der Waals surface area contributed by atoms with Gasteiger partial charge in [0.15, 0.2) is 0 Å². The largest absolute Gasteiger partial charge is 2.00 e. The van der Waals surface area contributed by atoms with Gasteiger partial charge in [0.25, 0.3) is 0 Å². The molecule has 0 aliphatic rings. The molecule has 0 amide bonds. The Morgan fingerprint density at radius 3 is 2.05 bits per heavy atom. The van der Waals surface area contributed by atoms with Gasteiger partial charge in [-0.05, 0) is 5.56 Å². The van der Waals surface area contributed by atoms with Crippen LogP contribution in [0.2, 0.25) is 0 Å².